The maximum absolute atomic E-state index is 12.5. The van der Waals surface area contributed by atoms with Crippen molar-refractivity contribution in [3.05, 3.63) is 35.9 Å². The largest absolute Gasteiger partial charge is 0.464 e. The van der Waals surface area contributed by atoms with Crippen molar-refractivity contribution in [3.8, 4) is 0 Å². The Morgan fingerprint density at radius 2 is 1.68 bits per heavy atom. The lowest BCUT2D eigenvalue weighted by Gasteiger charge is -2.26. The second kappa shape index (κ2) is 9.04. The molecule has 1 aromatic rings. The van der Waals surface area contributed by atoms with Gasteiger partial charge in [0.25, 0.3) is 5.91 Å². The lowest BCUT2D eigenvalue weighted by molar-refractivity contribution is -0.147. The highest BCUT2D eigenvalue weighted by atomic mass is 35.5. The van der Waals surface area contributed by atoms with Crippen molar-refractivity contribution in [2.24, 2.45) is 0 Å². The molecule has 1 rings (SSSR count). The number of carbonyl (C=O) groups is 3. The lowest BCUT2D eigenvalue weighted by atomic mass is 10.1. The van der Waals surface area contributed by atoms with Crippen LogP contribution in [0.2, 0.25) is 0 Å². The van der Waals surface area contributed by atoms with Gasteiger partial charge in [-0.1, -0.05) is 18.2 Å². The van der Waals surface area contributed by atoms with Crippen LogP contribution in [0.25, 0.3) is 0 Å². The number of amides is 2. The van der Waals surface area contributed by atoms with Crippen molar-refractivity contribution in [3.63, 3.8) is 0 Å². The summed E-state index contributed by atoms with van der Waals surface area (Å²) in [7, 11) is 0. The third kappa shape index (κ3) is 4.46. The van der Waals surface area contributed by atoms with Gasteiger partial charge < -0.3 is 9.47 Å². The first-order valence-electron chi connectivity index (χ1n) is 6.84. The molecule has 0 radical (unpaired) electrons. The molecule has 0 fully saturated rings. The van der Waals surface area contributed by atoms with Crippen molar-refractivity contribution in [1.82, 2.24) is 4.90 Å². The minimum absolute atomic E-state index is 0.0647. The summed E-state index contributed by atoms with van der Waals surface area (Å²) in [5.74, 6) is -1.71. The molecular formula is C15H18ClNO5. The molecule has 0 unspecified atom stereocenters. The van der Waals surface area contributed by atoms with Gasteiger partial charge >= 0.3 is 12.1 Å². The molecule has 0 aliphatic rings. The van der Waals surface area contributed by atoms with Gasteiger partial charge in [-0.2, -0.15) is 0 Å². The Morgan fingerprint density at radius 1 is 1.09 bits per heavy atom. The van der Waals surface area contributed by atoms with E-state index in [4.69, 9.17) is 21.1 Å². The summed E-state index contributed by atoms with van der Waals surface area (Å²) in [5.41, 5.74) is 0.245. The van der Waals surface area contributed by atoms with Crippen LogP contribution < -0.4 is 0 Å². The SMILES string of the molecule is CCOC(=O)[C@H](CCl)N(C(=O)OCC)C(=O)c1ccccc1. The molecule has 0 spiro atoms. The summed E-state index contributed by atoms with van der Waals surface area (Å²) in [5, 5.41) is 0. The highest BCUT2D eigenvalue weighted by molar-refractivity contribution is 6.20. The number of nitrogens with zero attached hydrogens (tertiary/aromatic N) is 1. The Morgan fingerprint density at radius 3 is 2.18 bits per heavy atom. The molecular weight excluding hydrogens is 310 g/mol. The van der Waals surface area contributed by atoms with Crippen LogP contribution in [0.15, 0.2) is 30.3 Å². The van der Waals surface area contributed by atoms with E-state index in [1.807, 2.05) is 0 Å². The van der Waals surface area contributed by atoms with E-state index in [-0.39, 0.29) is 24.7 Å². The maximum atomic E-state index is 12.5. The van der Waals surface area contributed by atoms with Crippen LogP contribution >= 0.6 is 11.6 Å². The summed E-state index contributed by atoms with van der Waals surface area (Å²) in [6.45, 7) is 3.40. The van der Waals surface area contributed by atoms with Gasteiger partial charge in [-0.25, -0.2) is 14.5 Å². The molecule has 0 heterocycles. The number of hydrogen-bond acceptors (Lipinski definition) is 5. The van der Waals surface area contributed by atoms with Crippen LogP contribution in [0.5, 0.6) is 0 Å². The standard InChI is InChI=1S/C15H18ClNO5/c1-3-21-14(19)12(10-16)17(15(20)22-4-2)13(18)11-8-6-5-7-9-11/h5-9,12H,3-4,10H2,1-2H3/t12-/m0/s1. The maximum Gasteiger partial charge on any atom is 0.417 e. The molecule has 0 aliphatic heterocycles. The third-order valence-corrected chi connectivity index (χ3v) is 3.01. The molecule has 0 aliphatic carbocycles. The van der Waals surface area contributed by atoms with Crippen LogP contribution in [0.1, 0.15) is 24.2 Å². The zero-order chi connectivity index (χ0) is 16.5. The van der Waals surface area contributed by atoms with Crippen molar-refractivity contribution >= 4 is 29.6 Å². The fraction of sp³-hybridized carbons (Fsp3) is 0.400. The summed E-state index contributed by atoms with van der Waals surface area (Å²) in [6.07, 6.45) is -0.935. The van der Waals surface area contributed by atoms with Gasteiger partial charge in [0.1, 0.15) is 0 Å². The molecule has 1 atom stereocenters. The van der Waals surface area contributed by atoms with Crippen molar-refractivity contribution in [2.45, 2.75) is 19.9 Å². The van der Waals surface area contributed by atoms with Crippen LogP contribution in [-0.4, -0.2) is 48.0 Å². The predicted molar refractivity (Wildman–Crippen MR) is 80.8 cm³/mol. The number of esters is 1. The highest BCUT2D eigenvalue weighted by Gasteiger charge is 2.36. The first-order valence-corrected chi connectivity index (χ1v) is 7.38. The average molecular weight is 328 g/mol. The summed E-state index contributed by atoms with van der Waals surface area (Å²) in [4.78, 5) is 37.3. The van der Waals surface area contributed by atoms with E-state index >= 15 is 0 Å². The summed E-state index contributed by atoms with van der Waals surface area (Å²) >= 11 is 5.77. The van der Waals surface area contributed by atoms with Gasteiger partial charge in [-0.15, -0.1) is 11.6 Å². The molecule has 0 saturated carbocycles. The highest BCUT2D eigenvalue weighted by Crippen LogP contribution is 2.13. The minimum Gasteiger partial charge on any atom is -0.464 e. The second-order valence-corrected chi connectivity index (χ2v) is 4.47. The molecule has 120 valence electrons. The lowest BCUT2D eigenvalue weighted by Crippen LogP contribution is -2.50. The fourth-order valence-corrected chi connectivity index (χ4v) is 2.00. The van der Waals surface area contributed by atoms with E-state index in [0.717, 1.165) is 0 Å². The number of rotatable bonds is 6. The zero-order valence-corrected chi connectivity index (χ0v) is 13.2. The van der Waals surface area contributed by atoms with Crippen LogP contribution in [0, 0.1) is 0 Å². The number of imide groups is 1. The average Bonchev–Trinajstić information content (AvgIpc) is 2.53. The van der Waals surface area contributed by atoms with E-state index in [1.165, 1.54) is 12.1 Å². The second-order valence-electron chi connectivity index (χ2n) is 4.16. The molecule has 2 amide bonds. The molecule has 1 aromatic carbocycles. The van der Waals surface area contributed by atoms with Gasteiger partial charge in [0.15, 0.2) is 6.04 Å². The van der Waals surface area contributed by atoms with Crippen LogP contribution in [0.3, 0.4) is 0 Å². The number of carbonyl (C=O) groups excluding carboxylic acids is 3. The molecule has 0 aromatic heterocycles. The summed E-state index contributed by atoms with van der Waals surface area (Å²) < 4.78 is 9.72. The molecule has 0 N–H and O–H groups in total. The number of alkyl halides is 1. The van der Waals surface area contributed by atoms with Crippen molar-refractivity contribution in [1.29, 1.82) is 0 Å². The van der Waals surface area contributed by atoms with Crippen LogP contribution in [0.4, 0.5) is 4.79 Å². The van der Waals surface area contributed by atoms with E-state index in [1.54, 1.807) is 32.0 Å². The van der Waals surface area contributed by atoms with Crippen molar-refractivity contribution in [2.75, 3.05) is 19.1 Å². The molecule has 22 heavy (non-hydrogen) atoms. The number of hydrogen-bond donors (Lipinski definition) is 0. The van der Waals surface area contributed by atoms with E-state index < -0.39 is 24.0 Å². The Balaban J connectivity index is 3.14. The Bertz CT molecular complexity index is 520. The third-order valence-electron chi connectivity index (χ3n) is 2.72. The minimum atomic E-state index is -1.24. The monoisotopic (exact) mass is 327 g/mol. The normalized spacial score (nSPS) is 11.4. The quantitative estimate of drug-likeness (QED) is 0.592. The van der Waals surface area contributed by atoms with E-state index in [0.29, 0.717) is 4.90 Å². The summed E-state index contributed by atoms with van der Waals surface area (Å²) in [6, 6.07) is 6.85. The number of benzene rings is 1. The molecule has 6 nitrogen and oxygen atoms in total. The Hall–Kier alpha value is -2.08. The topological polar surface area (TPSA) is 72.9 Å². The molecule has 0 saturated heterocycles. The van der Waals surface area contributed by atoms with E-state index in [2.05, 4.69) is 0 Å². The first-order chi connectivity index (χ1) is 10.6. The van der Waals surface area contributed by atoms with Gasteiger partial charge in [-0.3, -0.25) is 4.79 Å². The van der Waals surface area contributed by atoms with Crippen molar-refractivity contribution < 1.29 is 23.9 Å². The van der Waals surface area contributed by atoms with Gasteiger partial charge in [0.05, 0.1) is 19.1 Å². The Labute approximate surface area is 133 Å². The number of halogens is 1. The van der Waals surface area contributed by atoms with Gasteiger partial charge in [0, 0.05) is 5.56 Å². The number of ether oxygens (including phenoxy) is 2. The zero-order valence-electron chi connectivity index (χ0n) is 12.5. The molecule has 0 bridgehead atoms. The van der Waals surface area contributed by atoms with Gasteiger partial charge in [0.2, 0.25) is 0 Å². The predicted octanol–water partition coefficient (Wildman–Crippen LogP) is 2.46. The van der Waals surface area contributed by atoms with E-state index in [9.17, 15) is 14.4 Å². The fourth-order valence-electron chi connectivity index (χ4n) is 1.74. The van der Waals surface area contributed by atoms with Gasteiger partial charge in [-0.05, 0) is 26.0 Å². The molecule has 7 heteroatoms. The Kier molecular flexibility index (Phi) is 7.39. The first kappa shape index (κ1) is 18.0. The smallest absolute Gasteiger partial charge is 0.417 e. The van der Waals surface area contributed by atoms with Crippen LogP contribution in [-0.2, 0) is 14.3 Å².